The van der Waals surface area contributed by atoms with Crippen molar-refractivity contribution in [1.82, 2.24) is 9.88 Å². The smallest absolute Gasteiger partial charge is 0.265 e. The van der Waals surface area contributed by atoms with Crippen molar-refractivity contribution < 1.29 is 23.1 Å². The minimum Gasteiger partial charge on any atom is -0.503 e. The van der Waals surface area contributed by atoms with Crippen LogP contribution in [0.1, 0.15) is 20.9 Å². The van der Waals surface area contributed by atoms with Gasteiger partial charge in [0.25, 0.3) is 5.91 Å². The summed E-state index contributed by atoms with van der Waals surface area (Å²) < 4.78 is 40.9. The number of hydrogen-bond donors (Lipinski definition) is 1. The molecule has 0 saturated heterocycles. The molecule has 0 spiro atoms. The number of carbonyl (C=O) groups is 1. The number of phenols is 1. The maximum absolute atomic E-state index is 14.1. The molecule has 0 atom stereocenters. The van der Waals surface area contributed by atoms with E-state index in [1.807, 2.05) is 30.3 Å². The molecule has 0 fully saturated rings. The zero-order valence-electron chi connectivity index (χ0n) is 14.5. The molecule has 3 aromatic rings. The van der Waals surface area contributed by atoms with E-state index in [0.29, 0.717) is 18.3 Å². The van der Waals surface area contributed by atoms with Gasteiger partial charge in [0, 0.05) is 13.6 Å². The number of phenolic OH excluding ortho intramolecular Hbond substituents is 1. The van der Waals surface area contributed by atoms with Crippen molar-refractivity contribution in [2.24, 2.45) is 0 Å². The number of benzene rings is 2. The van der Waals surface area contributed by atoms with Crippen LogP contribution in [0.3, 0.4) is 0 Å². The lowest BCUT2D eigenvalue weighted by Crippen LogP contribution is -2.26. The van der Waals surface area contributed by atoms with Gasteiger partial charge in [-0.2, -0.15) is 4.39 Å². The van der Waals surface area contributed by atoms with Gasteiger partial charge in [-0.1, -0.05) is 30.3 Å². The van der Waals surface area contributed by atoms with Gasteiger partial charge < -0.3 is 10.0 Å². The van der Waals surface area contributed by atoms with E-state index < -0.39 is 28.8 Å². The summed E-state index contributed by atoms with van der Waals surface area (Å²) in [7, 11) is 1.62. The lowest BCUT2D eigenvalue weighted by Gasteiger charge is -2.16. The summed E-state index contributed by atoms with van der Waals surface area (Å²) in [4.78, 5) is 18.5. The summed E-state index contributed by atoms with van der Waals surface area (Å²) in [5.41, 5.74) is 0.875. The van der Waals surface area contributed by atoms with Crippen molar-refractivity contribution in [2.75, 3.05) is 7.05 Å². The summed E-state index contributed by atoms with van der Waals surface area (Å²) in [6.45, 7) is 1.94. The van der Waals surface area contributed by atoms with Crippen LogP contribution in [0.5, 0.6) is 5.75 Å². The molecule has 0 aliphatic rings. The van der Waals surface area contributed by atoms with Crippen molar-refractivity contribution in [3.63, 3.8) is 0 Å². The van der Waals surface area contributed by atoms with Crippen LogP contribution in [0, 0.1) is 24.4 Å². The Kier molecular flexibility index (Phi) is 5.18. The zero-order valence-corrected chi connectivity index (χ0v) is 15.3. The second-order valence-electron chi connectivity index (χ2n) is 5.96. The van der Waals surface area contributed by atoms with Crippen molar-refractivity contribution in [2.45, 2.75) is 13.5 Å². The molecule has 0 radical (unpaired) electrons. The molecule has 4 nitrogen and oxygen atoms in total. The lowest BCUT2D eigenvalue weighted by atomic mass is 10.2. The third-order valence-corrected chi connectivity index (χ3v) is 5.14. The first-order valence-electron chi connectivity index (χ1n) is 7.93. The number of rotatable bonds is 4. The number of nitrogens with zero attached hydrogens (tertiary/aromatic N) is 2. The predicted molar refractivity (Wildman–Crippen MR) is 96.1 cm³/mol. The monoisotopic (exact) mass is 392 g/mol. The molecule has 1 aromatic heterocycles. The number of aromatic hydroxyl groups is 1. The van der Waals surface area contributed by atoms with E-state index in [0.717, 1.165) is 16.9 Å². The second-order valence-corrected chi connectivity index (χ2v) is 6.96. The van der Waals surface area contributed by atoms with Crippen LogP contribution in [0.25, 0.3) is 10.6 Å². The highest BCUT2D eigenvalue weighted by molar-refractivity contribution is 7.17. The second kappa shape index (κ2) is 7.40. The molecule has 140 valence electrons. The molecule has 1 amide bonds. The van der Waals surface area contributed by atoms with Gasteiger partial charge in [0.2, 0.25) is 5.82 Å². The van der Waals surface area contributed by atoms with Crippen molar-refractivity contribution >= 4 is 17.2 Å². The standard InChI is InChI=1S/C19H15F3N2O2S/c1-10-17(19(26)24(2)9-11-6-4-3-5-7-11)27-18(23-10)12-8-13(20)15(22)16(25)14(12)21/h3-8,25H,9H2,1-2H3. The Balaban J connectivity index is 1.92. The van der Waals surface area contributed by atoms with E-state index in [-0.39, 0.29) is 15.8 Å². The first kappa shape index (κ1) is 18.9. The molecule has 0 bridgehead atoms. The van der Waals surface area contributed by atoms with Crippen LogP contribution in [0.2, 0.25) is 0 Å². The molecule has 1 N–H and O–H groups in total. The summed E-state index contributed by atoms with van der Waals surface area (Å²) >= 11 is 0.854. The first-order chi connectivity index (χ1) is 12.8. The van der Waals surface area contributed by atoms with Gasteiger partial charge in [0.05, 0.1) is 11.3 Å². The molecular weight excluding hydrogens is 377 g/mol. The Morgan fingerprint density at radius 3 is 2.52 bits per heavy atom. The number of carbonyl (C=O) groups excluding carboxylic acids is 1. The quantitative estimate of drug-likeness (QED) is 0.665. The zero-order chi connectivity index (χ0) is 19.7. The topological polar surface area (TPSA) is 53.4 Å². The number of hydrogen-bond acceptors (Lipinski definition) is 4. The number of thiazole rings is 1. The highest BCUT2D eigenvalue weighted by atomic mass is 32.1. The number of aryl methyl sites for hydroxylation is 1. The average Bonchev–Trinajstić information content (AvgIpc) is 3.04. The van der Waals surface area contributed by atoms with Gasteiger partial charge in [-0.15, -0.1) is 11.3 Å². The summed E-state index contributed by atoms with van der Waals surface area (Å²) in [5.74, 6) is -6.12. The van der Waals surface area contributed by atoms with Gasteiger partial charge in [-0.05, 0) is 18.6 Å². The van der Waals surface area contributed by atoms with E-state index in [9.17, 15) is 23.1 Å². The largest absolute Gasteiger partial charge is 0.503 e. The molecular formula is C19H15F3N2O2S. The van der Waals surface area contributed by atoms with Gasteiger partial charge in [-0.3, -0.25) is 4.79 Å². The van der Waals surface area contributed by atoms with Crippen LogP contribution in [0.15, 0.2) is 36.4 Å². The van der Waals surface area contributed by atoms with Gasteiger partial charge >= 0.3 is 0 Å². The highest BCUT2D eigenvalue weighted by Gasteiger charge is 2.24. The number of aromatic nitrogens is 1. The predicted octanol–water partition coefficient (Wildman–Crippen LogP) is 4.51. The maximum atomic E-state index is 14.1. The van der Waals surface area contributed by atoms with E-state index in [4.69, 9.17) is 0 Å². The highest BCUT2D eigenvalue weighted by Crippen LogP contribution is 2.36. The average molecular weight is 392 g/mol. The fourth-order valence-corrected chi connectivity index (χ4v) is 3.63. The molecule has 2 aromatic carbocycles. The van der Waals surface area contributed by atoms with E-state index in [2.05, 4.69) is 4.98 Å². The van der Waals surface area contributed by atoms with Crippen molar-refractivity contribution in [3.8, 4) is 16.3 Å². The van der Waals surface area contributed by atoms with Crippen LogP contribution < -0.4 is 0 Å². The summed E-state index contributed by atoms with van der Waals surface area (Å²) in [5, 5.41) is 9.36. The first-order valence-corrected chi connectivity index (χ1v) is 8.75. The van der Waals surface area contributed by atoms with E-state index >= 15 is 0 Å². The van der Waals surface area contributed by atoms with Crippen LogP contribution in [-0.4, -0.2) is 27.9 Å². The third kappa shape index (κ3) is 3.66. The Morgan fingerprint density at radius 2 is 1.85 bits per heavy atom. The number of halogens is 3. The molecule has 3 rings (SSSR count). The lowest BCUT2D eigenvalue weighted by molar-refractivity contribution is 0.0789. The van der Waals surface area contributed by atoms with Crippen molar-refractivity contribution in [3.05, 3.63) is 70.0 Å². The fourth-order valence-electron chi connectivity index (χ4n) is 2.56. The van der Waals surface area contributed by atoms with Crippen LogP contribution >= 0.6 is 11.3 Å². The Hall–Kier alpha value is -2.87. The molecule has 0 aliphatic heterocycles. The molecule has 0 unspecified atom stereocenters. The molecule has 1 heterocycles. The Labute approximate surface area is 157 Å². The Morgan fingerprint density at radius 1 is 1.19 bits per heavy atom. The fraction of sp³-hybridized carbons (Fsp3) is 0.158. The van der Waals surface area contributed by atoms with Crippen LogP contribution in [0.4, 0.5) is 13.2 Å². The third-order valence-electron chi connectivity index (χ3n) is 3.96. The maximum Gasteiger partial charge on any atom is 0.265 e. The summed E-state index contributed by atoms with van der Waals surface area (Å²) in [6, 6.07) is 9.98. The van der Waals surface area contributed by atoms with Gasteiger partial charge in [-0.25, -0.2) is 13.8 Å². The van der Waals surface area contributed by atoms with E-state index in [1.54, 1.807) is 14.0 Å². The van der Waals surface area contributed by atoms with Crippen molar-refractivity contribution in [1.29, 1.82) is 0 Å². The van der Waals surface area contributed by atoms with Gasteiger partial charge in [0.1, 0.15) is 9.88 Å². The van der Waals surface area contributed by atoms with Crippen LogP contribution in [-0.2, 0) is 6.54 Å². The SMILES string of the molecule is Cc1nc(-c2cc(F)c(F)c(O)c2F)sc1C(=O)N(C)Cc1ccccc1. The molecule has 0 saturated carbocycles. The minimum absolute atomic E-state index is 0.0179. The molecule has 0 aliphatic carbocycles. The summed E-state index contributed by atoms with van der Waals surface area (Å²) in [6.07, 6.45) is 0. The number of amides is 1. The normalized spacial score (nSPS) is 10.9. The molecule has 27 heavy (non-hydrogen) atoms. The molecule has 8 heteroatoms. The Bertz CT molecular complexity index is 1010. The van der Waals surface area contributed by atoms with E-state index in [1.165, 1.54) is 4.90 Å². The minimum atomic E-state index is -1.66. The van der Waals surface area contributed by atoms with Gasteiger partial charge in [0.15, 0.2) is 17.4 Å².